The van der Waals surface area contributed by atoms with E-state index < -0.39 is 72.6 Å². The molecule has 0 aromatic carbocycles. The quantitative estimate of drug-likeness (QED) is 0.0988. The number of carbonyl (C=O) groups is 6. The summed E-state index contributed by atoms with van der Waals surface area (Å²) < 4.78 is 0. The average molecular weight is 489 g/mol. The van der Waals surface area contributed by atoms with Crippen LogP contribution >= 0.6 is 0 Å². The first-order chi connectivity index (χ1) is 15.8. The summed E-state index contributed by atoms with van der Waals surface area (Å²) in [4.78, 5) is 71.4. The number of primary amides is 1. The van der Waals surface area contributed by atoms with E-state index in [0.29, 0.717) is 25.8 Å². The van der Waals surface area contributed by atoms with Gasteiger partial charge >= 0.3 is 11.9 Å². The molecule has 0 aliphatic carbocycles. The van der Waals surface area contributed by atoms with Gasteiger partial charge in [-0.2, -0.15) is 0 Å². The van der Waals surface area contributed by atoms with Crippen molar-refractivity contribution in [2.75, 3.05) is 6.54 Å². The number of amides is 4. The van der Waals surface area contributed by atoms with Crippen molar-refractivity contribution in [3.63, 3.8) is 0 Å². The molecule has 4 atom stereocenters. The lowest BCUT2D eigenvalue weighted by Crippen LogP contribution is -2.57. The molecule has 0 fully saturated rings. The second kappa shape index (κ2) is 15.6. The second-order valence-corrected chi connectivity index (χ2v) is 8.31. The van der Waals surface area contributed by atoms with E-state index in [2.05, 4.69) is 16.0 Å². The molecule has 0 bridgehead atoms. The van der Waals surface area contributed by atoms with Gasteiger partial charge in [0.2, 0.25) is 23.6 Å². The number of rotatable bonds is 17. The summed E-state index contributed by atoms with van der Waals surface area (Å²) in [6, 6.07) is -5.42. The molecule has 4 amide bonds. The standard InChI is InChI=1S/C20H36N6O8/c1-10(2)7-11(22)17(30)25-13(9-16(28)29)19(32)24-12(5-3-4-6-21)18(31)26-14(20(33)34)8-15(23)27/h10-14H,3-9,21-22H2,1-2H3,(H2,23,27)(H,24,32)(H,25,30)(H,26,31)(H,28,29)(H,33,34). The Labute approximate surface area is 197 Å². The Kier molecular flexibility index (Phi) is 14.1. The minimum absolute atomic E-state index is 0.0400. The number of hydrogen-bond donors (Lipinski definition) is 8. The van der Waals surface area contributed by atoms with Crippen LogP contribution in [0.25, 0.3) is 0 Å². The van der Waals surface area contributed by atoms with Crippen LogP contribution in [0.2, 0.25) is 0 Å². The molecule has 0 saturated heterocycles. The molecule has 0 aliphatic rings. The monoisotopic (exact) mass is 488 g/mol. The van der Waals surface area contributed by atoms with Crippen LogP contribution in [0.4, 0.5) is 0 Å². The Balaban J connectivity index is 5.55. The van der Waals surface area contributed by atoms with Crippen LogP contribution in [0.1, 0.15) is 52.4 Å². The molecular formula is C20H36N6O8. The Morgan fingerprint density at radius 3 is 1.79 bits per heavy atom. The van der Waals surface area contributed by atoms with Crippen LogP contribution in [0.3, 0.4) is 0 Å². The highest BCUT2D eigenvalue weighted by atomic mass is 16.4. The topological polar surface area (TPSA) is 257 Å². The van der Waals surface area contributed by atoms with Crippen LogP contribution in [-0.4, -0.2) is 76.5 Å². The summed E-state index contributed by atoms with van der Waals surface area (Å²) in [7, 11) is 0. The van der Waals surface area contributed by atoms with Gasteiger partial charge in [0.05, 0.1) is 18.9 Å². The highest BCUT2D eigenvalue weighted by Crippen LogP contribution is 2.06. The minimum atomic E-state index is -1.62. The third-order valence-electron chi connectivity index (χ3n) is 4.67. The van der Waals surface area contributed by atoms with E-state index in [1.165, 1.54) is 0 Å². The maximum absolute atomic E-state index is 12.8. The van der Waals surface area contributed by atoms with E-state index in [1.807, 2.05) is 13.8 Å². The number of unbranched alkanes of at least 4 members (excludes halogenated alkanes) is 1. The largest absolute Gasteiger partial charge is 0.481 e. The predicted octanol–water partition coefficient (Wildman–Crippen LogP) is -2.62. The van der Waals surface area contributed by atoms with Gasteiger partial charge in [-0.05, 0) is 38.1 Å². The lowest BCUT2D eigenvalue weighted by atomic mass is 10.0. The van der Waals surface area contributed by atoms with Gasteiger partial charge in [-0.3, -0.25) is 24.0 Å². The molecule has 4 unspecified atom stereocenters. The first-order valence-corrected chi connectivity index (χ1v) is 10.9. The number of nitrogens with one attached hydrogen (secondary N) is 3. The van der Waals surface area contributed by atoms with Gasteiger partial charge in [0.25, 0.3) is 0 Å². The first kappa shape index (κ1) is 30.7. The normalized spacial score (nSPS) is 14.4. The molecule has 34 heavy (non-hydrogen) atoms. The van der Waals surface area contributed by atoms with Crippen molar-refractivity contribution < 1.29 is 39.0 Å². The van der Waals surface area contributed by atoms with Crippen molar-refractivity contribution in [3.8, 4) is 0 Å². The highest BCUT2D eigenvalue weighted by molar-refractivity contribution is 5.96. The SMILES string of the molecule is CC(C)CC(N)C(=O)NC(CC(=O)O)C(=O)NC(CCCCN)C(=O)NC(CC(N)=O)C(=O)O. The zero-order valence-corrected chi connectivity index (χ0v) is 19.4. The zero-order chi connectivity index (χ0) is 26.4. The van der Waals surface area contributed by atoms with Crippen molar-refractivity contribution in [2.24, 2.45) is 23.1 Å². The van der Waals surface area contributed by atoms with E-state index in [-0.39, 0.29) is 12.3 Å². The van der Waals surface area contributed by atoms with Crippen molar-refractivity contribution >= 4 is 35.6 Å². The summed E-state index contributed by atoms with van der Waals surface area (Å²) in [5.74, 6) is -6.39. The summed E-state index contributed by atoms with van der Waals surface area (Å²) in [6.45, 7) is 3.97. The van der Waals surface area contributed by atoms with Crippen molar-refractivity contribution in [1.82, 2.24) is 16.0 Å². The van der Waals surface area contributed by atoms with Gasteiger partial charge in [0, 0.05) is 0 Å². The molecule has 0 saturated carbocycles. The number of hydrogen-bond acceptors (Lipinski definition) is 8. The van der Waals surface area contributed by atoms with Crippen LogP contribution < -0.4 is 33.2 Å². The van der Waals surface area contributed by atoms with E-state index in [4.69, 9.17) is 22.3 Å². The molecule has 14 nitrogen and oxygen atoms in total. The van der Waals surface area contributed by atoms with Gasteiger partial charge < -0.3 is 43.4 Å². The average Bonchev–Trinajstić information content (AvgIpc) is 2.70. The number of carboxylic acid groups (broad SMARTS) is 2. The highest BCUT2D eigenvalue weighted by Gasteiger charge is 2.31. The first-order valence-electron chi connectivity index (χ1n) is 10.9. The molecule has 0 aromatic rings. The summed E-state index contributed by atoms with van der Waals surface area (Å²) >= 11 is 0. The molecule has 0 radical (unpaired) electrons. The number of carbonyl (C=O) groups excluding carboxylic acids is 4. The minimum Gasteiger partial charge on any atom is -0.481 e. The van der Waals surface area contributed by atoms with Crippen LogP contribution in [0.15, 0.2) is 0 Å². The zero-order valence-electron chi connectivity index (χ0n) is 19.4. The van der Waals surface area contributed by atoms with Gasteiger partial charge in [-0.15, -0.1) is 0 Å². The molecule has 194 valence electrons. The molecule has 0 aromatic heterocycles. The van der Waals surface area contributed by atoms with E-state index >= 15 is 0 Å². The van der Waals surface area contributed by atoms with E-state index in [9.17, 15) is 33.9 Å². The fourth-order valence-electron chi connectivity index (χ4n) is 2.99. The molecule has 14 heteroatoms. The lowest BCUT2D eigenvalue weighted by Gasteiger charge is -2.24. The van der Waals surface area contributed by atoms with Crippen LogP contribution in [0, 0.1) is 5.92 Å². The van der Waals surface area contributed by atoms with Gasteiger partial charge in [-0.1, -0.05) is 13.8 Å². The Morgan fingerprint density at radius 2 is 1.32 bits per heavy atom. The number of aliphatic carboxylic acids is 2. The molecule has 0 heterocycles. The summed E-state index contributed by atoms with van der Waals surface area (Å²) in [5.41, 5.74) is 16.2. The number of carboxylic acids is 2. The van der Waals surface area contributed by atoms with Crippen LogP contribution in [0.5, 0.6) is 0 Å². The van der Waals surface area contributed by atoms with Crippen molar-refractivity contribution in [2.45, 2.75) is 76.5 Å². The van der Waals surface area contributed by atoms with Gasteiger partial charge in [0.1, 0.15) is 18.1 Å². The second-order valence-electron chi connectivity index (χ2n) is 8.31. The third-order valence-corrected chi connectivity index (χ3v) is 4.67. The smallest absolute Gasteiger partial charge is 0.326 e. The summed E-state index contributed by atoms with van der Waals surface area (Å²) in [5, 5.41) is 25.1. The molecule has 0 aliphatic heterocycles. The summed E-state index contributed by atoms with van der Waals surface area (Å²) in [6.07, 6.45) is -0.245. The fourth-order valence-corrected chi connectivity index (χ4v) is 2.99. The van der Waals surface area contributed by atoms with E-state index in [0.717, 1.165) is 0 Å². The maximum Gasteiger partial charge on any atom is 0.326 e. The molecule has 0 spiro atoms. The molecule has 0 rings (SSSR count). The third kappa shape index (κ3) is 12.7. The van der Waals surface area contributed by atoms with Gasteiger partial charge in [-0.25, -0.2) is 4.79 Å². The Bertz CT molecular complexity index is 745. The molecule has 11 N–H and O–H groups in total. The Morgan fingerprint density at radius 1 is 0.794 bits per heavy atom. The predicted molar refractivity (Wildman–Crippen MR) is 120 cm³/mol. The van der Waals surface area contributed by atoms with Gasteiger partial charge in [0.15, 0.2) is 0 Å². The Hall–Kier alpha value is -3.26. The molecular weight excluding hydrogens is 452 g/mol. The van der Waals surface area contributed by atoms with E-state index in [1.54, 1.807) is 0 Å². The lowest BCUT2D eigenvalue weighted by molar-refractivity contribution is -0.144. The van der Waals surface area contributed by atoms with Crippen molar-refractivity contribution in [3.05, 3.63) is 0 Å². The fraction of sp³-hybridized carbons (Fsp3) is 0.700. The maximum atomic E-state index is 12.8. The number of nitrogens with two attached hydrogens (primary N) is 3. The van der Waals surface area contributed by atoms with Crippen molar-refractivity contribution in [1.29, 1.82) is 0 Å². The van der Waals surface area contributed by atoms with Crippen LogP contribution in [-0.2, 0) is 28.8 Å².